The Hall–Kier alpha value is -2.24. The third-order valence-corrected chi connectivity index (χ3v) is 5.44. The van der Waals surface area contributed by atoms with E-state index in [4.69, 9.17) is 27.9 Å². The zero-order chi connectivity index (χ0) is 19.4. The van der Waals surface area contributed by atoms with Gasteiger partial charge in [0.1, 0.15) is 5.75 Å². The van der Waals surface area contributed by atoms with Crippen LogP contribution in [0.25, 0.3) is 0 Å². The fraction of sp³-hybridized carbons (Fsp3) is 0.300. The molecule has 2 aromatic rings. The number of carbonyl (C=O) groups excluding carboxylic acids is 2. The Labute approximate surface area is 168 Å². The first-order chi connectivity index (χ1) is 13.0. The molecule has 0 saturated carbocycles. The minimum Gasteiger partial charge on any atom is -0.497 e. The number of hydrogen-bond donors (Lipinski definition) is 1. The number of halogens is 2. The summed E-state index contributed by atoms with van der Waals surface area (Å²) in [7, 11) is 1.59. The number of hydrogen-bond acceptors (Lipinski definition) is 3. The molecule has 1 fully saturated rings. The van der Waals surface area contributed by atoms with Crippen LogP contribution in [-0.2, 0) is 0 Å². The van der Waals surface area contributed by atoms with Crippen LogP contribution in [0.4, 0.5) is 10.5 Å². The largest absolute Gasteiger partial charge is 0.497 e. The van der Waals surface area contributed by atoms with Crippen LogP contribution < -0.4 is 10.1 Å². The molecule has 27 heavy (non-hydrogen) atoms. The highest BCUT2D eigenvalue weighted by Crippen LogP contribution is 2.26. The number of benzene rings is 2. The van der Waals surface area contributed by atoms with Crippen molar-refractivity contribution in [1.29, 1.82) is 0 Å². The Morgan fingerprint density at radius 2 is 1.70 bits per heavy atom. The van der Waals surface area contributed by atoms with E-state index in [0.717, 1.165) is 5.75 Å². The molecule has 0 radical (unpaired) electrons. The van der Waals surface area contributed by atoms with Gasteiger partial charge in [0.2, 0.25) is 0 Å². The van der Waals surface area contributed by atoms with E-state index in [1.54, 1.807) is 54.5 Å². The molecule has 0 spiro atoms. The van der Waals surface area contributed by atoms with Gasteiger partial charge in [0.15, 0.2) is 5.78 Å². The Balaban J connectivity index is 1.55. The highest BCUT2D eigenvalue weighted by molar-refractivity contribution is 6.42. The molecule has 7 heteroatoms. The second kappa shape index (κ2) is 8.63. The average Bonchev–Trinajstić information content (AvgIpc) is 2.70. The van der Waals surface area contributed by atoms with Crippen LogP contribution in [0, 0.1) is 5.92 Å². The summed E-state index contributed by atoms with van der Waals surface area (Å²) in [5.41, 5.74) is 1.26. The first-order valence-electron chi connectivity index (χ1n) is 8.67. The molecule has 0 atom stereocenters. The maximum absolute atomic E-state index is 12.6. The number of methoxy groups -OCH3 is 1. The van der Waals surface area contributed by atoms with Gasteiger partial charge in [-0.3, -0.25) is 4.79 Å². The zero-order valence-corrected chi connectivity index (χ0v) is 16.4. The Morgan fingerprint density at radius 3 is 2.30 bits per heavy atom. The average molecular weight is 407 g/mol. The number of carbonyl (C=O) groups is 2. The van der Waals surface area contributed by atoms with E-state index in [1.807, 2.05) is 0 Å². The number of piperidine rings is 1. The number of anilines is 1. The summed E-state index contributed by atoms with van der Waals surface area (Å²) in [4.78, 5) is 26.8. The van der Waals surface area contributed by atoms with Crippen molar-refractivity contribution in [3.8, 4) is 5.75 Å². The molecular formula is C20H20Cl2N2O3. The summed E-state index contributed by atoms with van der Waals surface area (Å²) in [5, 5.41) is 3.64. The molecule has 5 nitrogen and oxygen atoms in total. The third-order valence-electron chi connectivity index (χ3n) is 4.70. The van der Waals surface area contributed by atoms with Crippen molar-refractivity contribution in [2.24, 2.45) is 5.92 Å². The molecule has 0 unspecified atom stereocenters. The minimum atomic E-state index is -0.205. The molecule has 1 saturated heterocycles. The normalized spacial score (nSPS) is 14.7. The van der Waals surface area contributed by atoms with Crippen LogP contribution in [-0.4, -0.2) is 36.9 Å². The van der Waals surface area contributed by atoms with Gasteiger partial charge in [-0.15, -0.1) is 0 Å². The molecule has 1 N–H and O–H groups in total. The maximum atomic E-state index is 12.6. The van der Waals surface area contributed by atoms with E-state index < -0.39 is 0 Å². The van der Waals surface area contributed by atoms with E-state index in [0.29, 0.717) is 47.2 Å². The molecule has 0 aliphatic carbocycles. The number of rotatable bonds is 4. The van der Waals surface area contributed by atoms with Crippen molar-refractivity contribution in [3.05, 3.63) is 58.1 Å². The SMILES string of the molecule is COc1ccc(C(=O)C2CCN(C(=O)Nc3ccc(Cl)c(Cl)c3)CC2)cc1. The van der Waals surface area contributed by atoms with Crippen molar-refractivity contribution in [2.75, 3.05) is 25.5 Å². The van der Waals surface area contributed by atoms with Crippen molar-refractivity contribution in [2.45, 2.75) is 12.8 Å². The summed E-state index contributed by atoms with van der Waals surface area (Å²) in [5.74, 6) is 0.759. The van der Waals surface area contributed by atoms with Gasteiger partial charge in [-0.1, -0.05) is 23.2 Å². The van der Waals surface area contributed by atoms with Crippen LogP contribution in [0.2, 0.25) is 10.0 Å². The van der Waals surface area contributed by atoms with Crippen molar-refractivity contribution < 1.29 is 14.3 Å². The predicted molar refractivity (Wildman–Crippen MR) is 107 cm³/mol. The smallest absolute Gasteiger partial charge is 0.321 e. The molecule has 1 aliphatic heterocycles. The minimum absolute atomic E-state index is 0.0765. The second-order valence-electron chi connectivity index (χ2n) is 6.41. The molecule has 1 heterocycles. The van der Waals surface area contributed by atoms with Crippen molar-refractivity contribution in [1.82, 2.24) is 4.90 Å². The molecule has 2 amide bonds. The van der Waals surface area contributed by atoms with Gasteiger partial charge < -0.3 is 15.0 Å². The predicted octanol–water partition coefficient (Wildman–Crippen LogP) is 5.13. The summed E-state index contributed by atoms with van der Waals surface area (Å²) in [6, 6.07) is 11.9. The quantitative estimate of drug-likeness (QED) is 0.715. The van der Waals surface area contributed by atoms with Gasteiger partial charge in [0.25, 0.3) is 0 Å². The summed E-state index contributed by atoms with van der Waals surface area (Å²) < 4.78 is 5.12. The second-order valence-corrected chi connectivity index (χ2v) is 7.23. The number of ketones is 1. The third kappa shape index (κ3) is 4.73. The van der Waals surface area contributed by atoms with Gasteiger partial charge >= 0.3 is 6.03 Å². The standard InChI is InChI=1S/C20H20Cl2N2O3/c1-27-16-5-2-13(3-6-16)19(25)14-8-10-24(11-9-14)20(26)23-15-4-7-17(21)18(22)12-15/h2-7,12,14H,8-11H2,1H3,(H,23,26). The van der Waals surface area contributed by atoms with E-state index >= 15 is 0 Å². The number of urea groups is 1. The Kier molecular flexibility index (Phi) is 6.24. The number of nitrogens with zero attached hydrogens (tertiary/aromatic N) is 1. The van der Waals surface area contributed by atoms with Crippen LogP contribution in [0.5, 0.6) is 5.75 Å². The molecule has 1 aliphatic rings. The lowest BCUT2D eigenvalue weighted by Crippen LogP contribution is -2.42. The lowest BCUT2D eigenvalue weighted by atomic mass is 9.89. The van der Waals surface area contributed by atoms with Gasteiger partial charge in [-0.2, -0.15) is 0 Å². The summed E-state index contributed by atoms with van der Waals surface area (Å²) in [6.07, 6.45) is 1.28. The molecular weight excluding hydrogens is 387 g/mol. The Bertz CT molecular complexity index is 832. The van der Waals surface area contributed by atoms with Gasteiger partial charge in [-0.05, 0) is 55.3 Å². The molecule has 0 aromatic heterocycles. The fourth-order valence-electron chi connectivity index (χ4n) is 3.11. The number of ether oxygens (including phenoxy) is 1. The lowest BCUT2D eigenvalue weighted by Gasteiger charge is -2.31. The monoisotopic (exact) mass is 406 g/mol. The number of Topliss-reactive ketones (excluding diaryl/α,β-unsaturated/α-hetero) is 1. The molecule has 2 aromatic carbocycles. The lowest BCUT2D eigenvalue weighted by molar-refractivity contribution is 0.0859. The fourth-order valence-corrected chi connectivity index (χ4v) is 3.41. The van der Waals surface area contributed by atoms with Crippen molar-refractivity contribution >= 4 is 40.7 Å². The first kappa shape index (κ1) is 19.5. The van der Waals surface area contributed by atoms with E-state index in [-0.39, 0.29) is 17.7 Å². The van der Waals surface area contributed by atoms with E-state index in [1.165, 1.54) is 0 Å². The topological polar surface area (TPSA) is 58.6 Å². The van der Waals surface area contributed by atoms with Gasteiger partial charge in [0, 0.05) is 30.3 Å². The number of likely N-dealkylation sites (tertiary alicyclic amines) is 1. The highest BCUT2D eigenvalue weighted by Gasteiger charge is 2.28. The molecule has 142 valence electrons. The first-order valence-corrected chi connectivity index (χ1v) is 9.43. The molecule has 0 bridgehead atoms. The van der Waals surface area contributed by atoms with Gasteiger partial charge in [-0.25, -0.2) is 4.79 Å². The number of amides is 2. The molecule has 3 rings (SSSR count). The van der Waals surface area contributed by atoms with E-state index in [2.05, 4.69) is 5.32 Å². The van der Waals surface area contributed by atoms with Gasteiger partial charge in [0.05, 0.1) is 17.2 Å². The van der Waals surface area contributed by atoms with Crippen LogP contribution in [0.1, 0.15) is 23.2 Å². The highest BCUT2D eigenvalue weighted by atomic mass is 35.5. The van der Waals surface area contributed by atoms with Crippen LogP contribution >= 0.6 is 23.2 Å². The van der Waals surface area contributed by atoms with E-state index in [9.17, 15) is 9.59 Å². The summed E-state index contributed by atoms with van der Waals surface area (Å²) >= 11 is 11.9. The Morgan fingerprint density at radius 1 is 1.04 bits per heavy atom. The summed E-state index contributed by atoms with van der Waals surface area (Å²) in [6.45, 7) is 1.05. The number of nitrogens with one attached hydrogen (secondary N) is 1. The maximum Gasteiger partial charge on any atom is 0.321 e. The van der Waals surface area contributed by atoms with Crippen LogP contribution in [0.15, 0.2) is 42.5 Å². The van der Waals surface area contributed by atoms with Crippen LogP contribution in [0.3, 0.4) is 0 Å². The zero-order valence-electron chi connectivity index (χ0n) is 14.9. The van der Waals surface area contributed by atoms with Crippen molar-refractivity contribution in [3.63, 3.8) is 0 Å².